The summed E-state index contributed by atoms with van der Waals surface area (Å²) in [7, 11) is 0. The SMILES string of the molecule is C=C(CC1CO1)C(=O)OCCOC(=O)C(=C)CC1CO1. The molecule has 0 spiro atoms. The molecule has 110 valence electrons. The van der Waals surface area contributed by atoms with Crippen LogP contribution in [-0.4, -0.2) is 50.6 Å². The average molecular weight is 282 g/mol. The van der Waals surface area contributed by atoms with Gasteiger partial charge in [-0.3, -0.25) is 0 Å². The predicted octanol–water partition coefficient (Wildman–Crippen LogP) is 0.763. The molecule has 0 aliphatic carbocycles. The highest BCUT2D eigenvalue weighted by Gasteiger charge is 2.27. The van der Waals surface area contributed by atoms with E-state index in [-0.39, 0.29) is 25.4 Å². The zero-order valence-electron chi connectivity index (χ0n) is 11.3. The van der Waals surface area contributed by atoms with Crippen LogP contribution in [0.15, 0.2) is 24.3 Å². The number of carbonyl (C=O) groups is 2. The first kappa shape index (κ1) is 14.7. The first-order valence-corrected chi connectivity index (χ1v) is 6.49. The second-order valence-electron chi connectivity index (χ2n) is 4.80. The van der Waals surface area contributed by atoms with Crippen molar-refractivity contribution in [3.8, 4) is 0 Å². The lowest BCUT2D eigenvalue weighted by Crippen LogP contribution is -2.16. The van der Waals surface area contributed by atoms with E-state index in [9.17, 15) is 9.59 Å². The average Bonchev–Trinajstić information content (AvgIpc) is 3.29. The first-order chi connectivity index (χ1) is 9.56. The highest BCUT2D eigenvalue weighted by molar-refractivity contribution is 5.88. The molecule has 2 rings (SSSR count). The molecule has 6 nitrogen and oxygen atoms in total. The number of ether oxygens (including phenoxy) is 4. The van der Waals surface area contributed by atoms with Crippen molar-refractivity contribution >= 4 is 11.9 Å². The van der Waals surface area contributed by atoms with E-state index in [4.69, 9.17) is 18.9 Å². The first-order valence-electron chi connectivity index (χ1n) is 6.49. The number of carbonyl (C=O) groups excluding carboxylic acids is 2. The fraction of sp³-hybridized carbons (Fsp3) is 0.571. The Morgan fingerprint density at radius 1 is 0.900 bits per heavy atom. The molecule has 2 aliphatic heterocycles. The molecule has 0 bridgehead atoms. The molecule has 2 heterocycles. The number of epoxide rings is 2. The third-order valence-electron chi connectivity index (χ3n) is 2.88. The molecule has 0 aromatic carbocycles. The molecule has 2 atom stereocenters. The maximum atomic E-state index is 11.5. The highest BCUT2D eigenvalue weighted by atomic mass is 16.6. The Balaban J connectivity index is 1.53. The predicted molar refractivity (Wildman–Crippen MR) is 68.9 cm³/mol. The van der Waals surface area contributed by atoms with Crippen LogP contribution in [0.1, 0.15) is 12.8 Å². The lowest BCUT2D eigenvalue weighted by Gasteiger charge is -2.08. The molecule has 0 saturated carbocycles. The quantitative estimate of drug-likeness (QED) is 0.269. The van der Waals surface area contributed by atoms with Crippen molar-refractivity contribution in [1.82, 2.24) is 0 Å². The van der Waals surface area contributed by atoms with E-state index in [1.807, 2.05) is 0 Å². The van der Waals surface area contributed by atoms with Crippen molar-refractivity contribution in [2.24, 2.45) is 0 Å². The molecule has 2 unspecified atom stereocenters. The van der Waals surface area contributed by atoms with Gasteiger partial charge in [-0.15, -0.1) is 0 Å². The fourth-order valence-electron chi connectivity index (χ4n) is 1.56. The van der Waals surface area contributed by atoms with E-state index < -0.39 is 11.9 Å². The van der Waals surface area contributed by atoms with Crippen LogP contribution in [0, 0.1) is 0 Å². The van der Waals surface area contributed by atoms with E-state index in [1.54, 1.807) is 0 Å². The third-order valence-corrected chi connectivity index (χ3v) is 2.88. The topological polar surface area (TPSA) is 77.7 Å². The molecule has 0 radical (unpaired) electrons. The molecule has 0 amide bonds. The fourth-order valence-corrected chi connectivity index (χ4v) is 1.56. The Bertz CT molecular complexity index is 379. The van der Waals surface area contributed by atoms with Crippen molar-refractivity contribution < 1.29 is 28.5 Å². The summed E-state index contributed by atoms with van der Waals surface area (Å²) >= 11 is 0. The van der Waals surface area contributed by atoms with Gasteiger partial charge in [0.25, 0.3) is 0 Å². The molecule has 2 saturated heterocycles. The van der Waals surface area contributed by atoms with Crippen LogP contribution in [0.5, 0.6) is 0 Å². The number of esters is 2. The van der Waals surface area contributed by atoms with Gasteiger partial charge in [0.15, 0.2) is 0 Å². The van der Waals surface area contributed by atoms with Crippen molar-refractivity contribution in [2.75, 3.05) is 26.4 Å². The van der Waals surface area contributed by atoms with E-state index in [0.29, 0.717) is 37.2 Å². The Morgan fingerprint density at radius 2 is 1.25 bits per heavy atom. The van der Waals surface area contributed by atoms with Crippen molar-refractivity contribution in [3.05, 3.63) is 24.3 Å². The highest BCUT2D eigenvalue weighted by Crippen LogP contribution is 2.19. The second-order valence-corrected chi connectivity index (χ2v) is 4.80. The maximum Gasteiger partial charge on any atom is 0.333 e. The number of hydrogen-bond acceptors (Lipinski definition) is 6. The largest absolute Gasteiger partial charge is 0.459 e. The van der Waals surface area contributed by atoms with Gasteiger partial charge in [0.1, 0.15) is 13.2 Å². The normalized spacial score (nSPS) is 22.8. The summed E-state index contributed by atoms with van der Waals surface area (Å²) in [6, 6.07) is 0. The van der Waals surface area contributed by atoms with Gasteiger partial charge in [-0.2, -0.15) is 0 Å². The minimum atomic E-state index is -0.484. The number of hydrogen-bond donors (Lipinski definition) is 0. The smallest absolute Gasteiger partial charge is 0.333 e. The summed E-state index contributed by atoms with van der Waals surface area (Å²) in [6.45, 7) is 8.58. The van der Waals surface area contributed by atoms with E-state index >= 15 is 0 Å². The summed E-state index contributed by atoms with van der Waals surface area (Å²) in [5, 5.41) is 0. The molecule has 20 heavy (non-hydrogen) atoms. The Labute approximate surface area is 117 Å². The van der Waals surface area contributed by atoms with Gasteiger partial charge in [-0.05, 0) is 0 Å². The zero-order valence-corrected chi connectivity index (χ0v) is 11.3. The number of rotatable bonds is 9. The third kappa shape index (κ3) is 5.14. The van der Waals surface area contributed by atoms with Gasteiger partial charge in [-0.1, -0.05) is 13.2 Å². The Morgan fingerprint density at radius 3 is 1.55 bits per heavy atom. The summed E-state index contributed by atoms with van der Waals surface area (Å²) in [5.74, 6) is -0.969. The van der Waals surface area contributed by atoms with Gasteiger partial charge >= 0.3 is 11.9 Å². The van der Waals surface area contributed by atoms with E-state index in [1.165, 1.54) is 0 Å². The summed E-state index contributed by atoms with van der Waals surface area (Å²) in [5.41, 5.74) is 0.739. The molecule has 0 aromatic heterocycles. The molecule has 2 aliphatic rings. The molecular weight excluding hydrogens is 264 g/mol. The standard InChI is InChI=1S/C14H18O6/c1-9(5-11-7-19-11)13(15)17-3-4-18-14(16)10(2)6-12-8-20-12/h11-12H,1-8H2. The Kier molecular flexibility index (Phi) is 4.92. The molecule has 0 N–H and O–H groups in total. The van der Waals surface area contributed by atoms with Crippen LogP contribution >= 0.6 is 0 Å². The van der Waals surface area contributed by atoms with Gasteiger partial charge in [0.05, 0.1) is 25.4 Å². The molecule has 0 aromatic rings. The van der Waals surface area contributed by atoms with Gasteiger partial charge in [-0.25, -0.2) is 9.59 Å². The van der Waals surface area contributed by atoms with E-state index in [0.717, 1.165) is 0 Å². The van der Waals surface area contributed by atoms with E-state index in [2.05, 4.69) is 13.2 Å². The minimum Gasteiger partial charge on any atom is -0.459 e. The van der Waals surface area contributed by atoms with Crippen LogP contribution < -0.4 is 0 Å². The molecule has 2 fully saturated rings. The van der Waals surface area contributed by atoms with Crippen LogP contribution in [0.2, 0.25) is 0 Å². The van der Waals surface area contributed by atoms with Gasteiger partial charge in [0, 0.05) is 24.0 Å². The summed E-state index contributed by atoms with van der Waals surface area (Å²) < 4.78 is 19.8. The molecule has 6 heteroatoms. The lowest BCUT2D eigenvalue weighted by atomic mass is 10.2. The summed E-state index contributed by atoms with van der Waals surface area (Å²) in [4.78, 5) is 23.0. The van der Waals surface area contributed by atoms with Gasteiger partial charge in [0.2, 0.25) is 0 Å². The lowest BCUT2D eigenvalue weighted by molar-refractivity contribution is -0.147. The monoisotopic (exact) mass is 282 g/mol. The van der Waals surface area contributed by atoms with Crippen LogP contribution in [0.3, 0.4) is 0 Å². The minimum absolute atomic E-state index is 0.00231. The van der Waals surface area contributed by atoms with Crippen molar-refractivity contribution in [2.45, 2.75) is 25.0 Å². The molecular formula is C14H18O6. The Hall–Kier alpha value is -1.66. The van der Waals surface area contributed by atoms with Crippen LogP contribution in [0.4, 0.5) is 0 Å². The van der Waals surface area contributed by atoms with Gasteiger partial charge < -0.3 is 18.9 Å². The summed E-state index contributed by atoms with van der Waals surface area (Å²) in [6.07, 6.45) is 1.16. The van der Waals surface area contributed by atoms with Crippen molar-refractivity contribution in [1.29, 1.82) is 0 Å². The van der Waals surface area contributed by atoms with Crippen LogP contribution in [-0.2, 0) is 28.5 Å². The van der Waals surface area contributed by atoms with Crippen LogP contribution in [0.25, 0.3) is 0 Å². The van der Waals surface area contributed by atoms with Crippen molar-refractivity contribution in [3.63, 3.8) is 0 Å². The second kappa shape index (κ2) is 6.67. The maximum absolute atomic E-state index is 11.5. The zero-order chi connectivity index (χ0) is 14.5.